The van der Waals surface area contributed by atoms with E-state index in [1.165, 1.54) is 25.2 Å². The van der Waals surface area contributed by atoms with Crippen LogP contribution in [0.1, 0.15) is 23.3 Å². The predicted octanol–water partition coefficient (Wildman–Crippen LogP) is 0.156. The van der Waals surface area contributed by atoms with E-state index in [4.69, 9.17) is 20.4 Å². The van der Waals surface area contributed by atoms with Crippen molar-refractivity contribution >= 4 is 17.9 Å². The number of hydrogen-bond acceptors (Lipinski definition) is 7. The van der Waals surface area contributed by atoms with Gasteiger partial charge in [-0.05, 0) is 38.1 Å². The lowest BCUT2D eigenvalue weighted by Crippen LogP contribution is -2.29. The van der Waals surface area contributed by atoms with Gasteiger partial charge in [-0.25, -0.2) is 19.4 Å². The van der Waals surface area contributed by atoms with Crippen LogP contribution in [0.25, 0.3) is 0 Å². The molecule has 1 saturated heterocycles. The molecule has 1 fully saturated rings. The summed E-state index contributed by atoms with van der Waals surface area (Å²) in [5.74, 6) is -3.50. The van der Waals surface area contributed by atoms with Crippen molar-refractivity contribution in [3.05, 3.63) is 42.2 Å². The molecule has 1 aliphatic heterocycles. The summed E-state index contributed by atoms with van der Waals surface area (Å²) in [6, 6.07) is 4.76. The number of aliphatic carboxylic acids is 2. The third-order valence-corrected chi connectivity index (χ3v) is 3.32. The molecule has 156 valence electrons. The Bertz CT molecular complexity index is 584. The maximum Gasteiger partial charge on any atom is 0.354 e. The number of carbonyl (C=O) groups is 3. The fourth-order valence-electron chi connectivity index (χ4n) is 2.05. The maximum absolute atomic E-state index is 10.1. The predicted molar refractivity (Wildman–Crippen MR) is 101 cm³/mol. The summed E-state index contributed by atoms with van der Waals surface area (Å²) >= 11 is 0. The third kappa shape index (κ3) is 15.4. The average molecular weight is 397 g/mol. The molecule has 0 bridgehead atoms. The number of carboxylic acids is 3. The lowest BCUT2D eigenvalue weighted by Gasteiger charge is -2.18. The van der Waals surface area contributed by atoms with Crippen molar-refractivity contribution in [1.29, 1.82) is 0 Å². The van der Waals surface area contributed by atoms with Gasteiger partial charge in [0.2, 0.25) is 0 Å². The highest BCUT2D eigenvalue weighted by Crippen LogP contribution is 1.95. The van der Waals surface area contributed by atoms with Crippen LogP contribution in [-0.2, 0) is 9.59 Å². The topological polar surface area (TPSA) is 160 Å². The van der Waals surface area contributed by atoms with Gasteiger partial charge in [-0.15, -0.1) is 0 Å². The molecular formula is C18H27N3O7. The summed E-state index contributed by atoms with van der Waals surface area (Å²) in [5.41, 5.74) is 0.0810. The number of aromatic nitrogens is 1. The highest BCUT2D eigenvalue weighted by molar-refractivity contribution is 5.89. The van der Waals surface area contributed by atoms with Crippen molar-refractivity contribution in [1.82, 2.24) is 15.2 Å². The number of aliphatic hydroxyl groups is 1. The van der Waals surface area contributed by atoms with Gasteiger partial charge in [0, 0.05) is 44.6 Å². The number of nitrogens with zero attached hydrogens (tertiary/aromatic N) is 2. The van der Waals surface area contributed by atoms with Gasteiger partial charge in [0.15, 0.2) is 0 Å². The van der Waals surface area contributed by atoms with Crippen molar-refractivity contribution in [2.45, 2.75) is 12.8 Å². The Morgan fingerprint density at radius 1 is 1.07 bits per heavy atom. The van der Waals surface area contributed by atoms with E-state index < -0.39 is 17.9 Å². The van der Waals surface area contributed by atoms with Crippen LogP contribution in [0, 0.1) is 0 Å². The number of nitrogens with one attached hydrogen (secondary N) is 1. The molecule has 10 nitrogen and oxygen atoms in total. The molecule has 5 N–H and O–H groups in total. The lowest BCUT2D eigenvalue weighted by molar-refractivity contribution is -0.134. The minimum Gasteiger partial charge on any atom is -0.478 e. The number of aliphatic hydroxyl groups excluding tert-OH is 1. The van der Waals surface area contributed by atoms with Gasteiger partial charge >= 0.3 is 17.9 Å². The summed E-state index contributed by atoms with van der Waals surface area (Å²) in [7, 11) is 0. The van der Waals surface area contributed by atoms with Crippen molar-refractivity contribution in [2.75, 3.05) is 39.3 Å². The quantitative estimate of drug-likeness (QED) is 0.418. The minimum atomic E-state index is -1.26. The van der Waals surface area contributed by atoms with Crippen LogP contribution in [0.15, 0.2) is 36.5 Å². The van der Waals surface area contributed by atoms with Crippen molar-refractivity contribution < 1.29 is 34.8 Å². The van der Waals surface area contributed by atoms with Crippen LogP contribution in [-0.4, -0.2) is 87.5 Å². The second-order valence-corrected chi connectivity index (χ2v) is 5.55. The molecule has 0 radical (unpaired) electrons. The summed E-state index contributed by atoms with van der Waals surface area (Å²) < 4.78 is 0. The summed E-state index contributed by atoms with van der Waals surface area (Å²) in [5, 5.41) is 35.9. The standard InChI is InChI=1S/C8H18N2O.C6H5NO2.C4H4O4/c11-8-2-6-10-5-1-3-9-4-7-10;8-6(9)5-3-1-2-4-7-5;5-3(6)1-2-4(7)8/h9,11H,1-8H2;1-4H,(H,8,9);1-2H,(H,5,6)(H,7,8). The molecule has 2 rings (SSSR count). The molecule has 0 amide bonds. The maximum atomic E-state index is 10.1. The Hall–Kier alpha value is -2.82. The molecule has 10 heteroatoms. The fraction of sp³-hybridized carbons (Fsp3) is 0.444. The van der Waals surface area contributed by atoms with E-state index in [1.54, 1.807) is 12.1 Å². The molecule has 1 aliphatic rings. The molecule has 0 spiro atoms. The molecule has 2 heterocycles. The second kappa shape index (κ2) is 16.4. The third-order valence-electron chi connectivity index (χ3n) is 3.32. The highest BCUT2D eigenvalue weighted by Gasteiger charge is 2.06. The Morgan fingerprint density at radius 3 is 2.21 bits per heavy atom. The monoisotopic (exact) mass is 397 g/mol. The van der Waals surface area contributed by atoms with Crippen molar-refractivity contribution in [3.63, 3.8) is 0 Å². The number of hydrogen-bond donors (Lipinski definition) is 5. The first-order chi connectivity index (χ1) is 13.4. The molecule has 0 aromatic carbocycles. The van der Waals surface area contributed by atoms with E-state index in [0.717, 1.165) is 32.6 Å². The molecule has 1 aromatic rings. The SMILES string of the molecule is O=C(O)C=CC(=O)O.O=C(O)c1ccccn1.OCCCN1CCCNCC1. The zero-order valence-electron chi connectivity index (χ0n) is 15.5. The first-order valence-electron chi connectivity index (χ1n) is 8.69. The lowest BCUT2D eigenvalue weighted by atomic mass is 10.3. The van der Waals surface area contributed by atoms with Gasteiger partial charge in [-0.2, -0.15) is 0 Å². The fourth-order valence-corrected chi connectivity index (χ4v) is 2.05. The van der Waals surface area contributed by atoms with Crippen LogP contribution < -0.4 is 5.32 Å². The van der Waals surface area contributed by atoms with Gasteiger partial charge < -0.3 is 30.6 Å². The molecule has 0 unspecified atom stereocenters. The molecular weight excluding hydrogens is 370 g/mol. The Morgan fingerprint density at radius 2 is 1.75 bits per heavy atom. The van der Waals surface area contributed by atoms with Crippen LogP contribution in [0.5, 0.6) is 0 Å². The van der Waals surface area contributed by atoms with Crippen molar-refractivity contribution in [2.24, 2.45) is 0 Å². The van der Waals surface area contributed by atoms with Crippen LogP contribution in [0.2, 0.25) is 0 Å². The molecule has 1 aromatic heterocycles. The Labute approximate surface area is 163 Å². The van der Waals surface area contributed by atoms with E-state index in [-0.39, 0.29) is 5.69 Å². The zero-order chi connectivity index (χ0) is 21.2. The van der Waals surface area contributed by atoms with Crippen molar-refractivity contribution in [3.8, 4) is 0 Å². The number of aromatic carboxylic acids is 1. The van der Waals surface area contributed by atoms with E-state index in [2.05, 4.69) is 15.2 Å². The molecule has 0 atom stereocenters. The Kier molecular flexibility index (Phi) is 14.7. The van der Waals surface area contributed by atoms with Gasteiger partial charge in [0.25, 0.3) is 0 Å². The molecule has 28 heavy (non-hydrogen) atoms. The molecule has 0 aliphatic carbocycles. The highest BCUT2D eigenvalue weighted by atomic mass is 16.4. The summed E-state index contributed by atoms with van der Waals surface area (Å²) in [4.78, 5) is 35.2. The largest absolute Gasteiger partial charge is 0.478 e. The van der Waals surface area contributed by atoms with Gasteiger partial charge in [-0.1, -0.05) is 6.07 Å². The zero-order valence-corrected chi connectivity index (χ0v) is 15.5. The molecule has 0 saturated carbocycles. The first-order valence-corrected chi connectivity index (χ1v) is 8.69. The normalized spacial score (nSPS) is 14.0. The number of pyridine rings is 1. The van der Waals surface area contributed by atoms with Crippen LogP contribution in [0.3, 0.4) is 0 Å². The van der Waals surface area contributed by atoms with Crippen LogP contribution >= 0.6 is 0 Å². The summed E-state index contributed by atoms with van der Waals surface area (Å²) in [6.07, 6.45) is 4.72. The Balaban J connectivity index is 0.000000397. The average Bonchev–Trinajstić information content (AvgIpc) is 2.95. The minimum absolute atomic E-state index is 0.0810. The van der Waals surface area contributed by atoms with E-state index in [1.807, 2.05) is 0 Å². The first kappa shape index (κ1) is 25.2. The number of carboxylic acid groups (broad SMARTS) is 3. The summed E-state index contributed by atoms with van der Waals surface area (Å²) in [6.45, 7) is 5.95. The van der Waals surface area contributed by atoms with E-state index >= 15 is 0 Å². The van der Waals surface area contributed by atoms with Gasteiger partial charge in [0.1, 0.15) is 5.69 Å². The van der Waals surface area contributed by atoms with E-state index in [9.17, 15) is 14.4 Å². The van der Waals surface area contributed by atoms with Crippen LogP contribution in [0.4, 0.5) is 0 Å². The van der Waals surface area contributed by atoms with E-state index in [0.29, 0.717) is 18.8 Å². The smallest absolute Gasteiger partial charge is 0.354 e. The number of rotatable bonds is 6. The van der Waals surface area contributed by atoms with Gasteiger partial charge in [0.05, 0.1) is 0 Å². The second-order valence-electron chi connectivity index (χ2n) is 5.55. The van der Waals surface area contributed by atoms with Gasteiger partial charge in [-0.3, -0.25) is 0 Å².